The second-order valence-corrected chi connectivity index (χ2v) is 6.58. The van der Waals surface area contributed by atoms with E-state index in [-0.39, 0.29) is 5.91 Å². The van der Waals surface area contributed by atoms with Crippen LogP contribution in [0.15, 0.2) is 73.1 Å². The van der Waals surface area contributed by atoms with E-state index in [2.05, 4.69) is 21.5 Å². The first-order valence-corrected chi connectivity index (χ1v) is 8.95. The molecular weight excluding hydrogens is 360 g/mol. The van der Waals surface area contributed by atoms with Gasteiger partial charge >= 0.3 is 0 Å². The van der Waals surface area contributed by atoms with Crippen LogP contribution in [0.2, 0.25) is 5.15 Å². The number of nitrogens with one attached hydrogen (secondary N) is 1. The quantitative estimate of drug-likeness (QED) is 0.534. The molecule has 0 unspecified atom stereocenters. The van der Waals surface area contributed by atoms with Crippen LogP contribution < -0.4 is 5.32 Å². The minimum absolute atomic E-state index is 0.124. The number of rotatable bonds is 5. The molecule has 2 heterocycles. The van der Waals surface area contributed by atoms with E-state index in [0.717, 1.165) is 22.0 Å². The number of halogens is 1. The SMILES string of the molecule is O=C(NCc1ccccc1Cn1cccn1)c1ccc2nc(Cl)ccc2c1. The van der Waals surface area contributed by atoms with Crippen LogP contribution in [0.1, 0.15) is 21.5 Å². The standard InChI is InChI=1S/C21H17ClN4O/c22-20-9-7-15-12-16(6-8-19(15)25-20)21(27)23-13-17-4-1-2-5-18(17)14-26-11-3-10-24-26/h1-12H,13-14H2,(H,23,27). The van der Waals surface area contributed by atoms with Gasteiger partial charge in [0.05, 0.1) is 12.1 Å². The van der Waals surface area contributed by atoms with E-state index in [1.807, 2.05) is 53.3 Å². The molecule has 2 aromatic heterocycles. The zero-order chi connectivity index (χ0) is 18.6. The summed E-state index contributed by atoms with van der Waals surface area (Å²) in [6, 6.07) is 18.9. The van der Waals surface area contributed by atoms with Crippen molar-refractivity contribution in [2.24, 2.45) is 0 Å². The van der Waals surface area contributed by atoms with Crippen molar-refractivity contribution in [3.05, 3.63) is 94.9 Å². The lowest BCUT2D eigenvalue weighted by atomic mass is 10.1. The second-order valence-electron chi connectivity index (χ2n) is 6.20. The molecule has 0 saturated heterocycles. The van der Waals surface area contributed by atoms with Crippen LogP contribution in [0.4, 0.5) is 0 Å². The molecule has 0 aliphatic rings. The molecule has 0 spiro atoms. The van der Waals surface area contributed by atoms with Gasteiger partial charge in [-0.1, -0.05) is 35.9 Å². The fourth-order valence-electron chi connectivity index (χ4n) is 2.97. The number of aromatic nitrogens is 3. The highest BCUT2D eigenvalue weighted by Gasteiger charge is 2.09. The number of hydrogen-bond acceptors (Lipinski definition) is 3. The van der Waals surface area contributed by atoms with E-state index < -0.39 is 0 Å². The highest BCUT2D eigenvalue weighted by molar-refractivity contribution is 6.29. The molecule has 4 aromatic rings. The zero-order valence-electron chi connectivity index (χ0n) is 14.5. The summed E-state index contributed by atoms with van der Waals surface area (Å²) in [5.74, 6) is -0.124. The minimum atomic E-state index is -0.124. The number of pyridine rings is 1. The summed E-state index contributed by atoms with van der Waals surface area (Å²) in [6.07, 6.45) is 3.68. The van der Waals surface area contributed by atoms with Gasteiger partial charge in [-0.2, -0.15) is 5.10 Å². The molecule has 1 N–H and O–H groups in total. The van der Waals surface area contributed by atoms with Crippen LogP contribution in [-0.2, 0) is 13.1 Å². The Morgan fingerprint density at radius 1 is 1.04 bits per heavy atom. The second kappa shape index (κ2) is 7.60. The number of carbonyl (C=O) groups is 1. The Morgan fingerprint density at radius 2 is 1.89 bits per heavy atom. The summed E-state index contributed by atoms with van der Waals surface area (Å²) in [7, 11) is 0. The molecule has 134 valence electrons. The molecule has 2 aromatic carbocycles. The molecular formula is C21H17ClN4O. The number of carbonyl (C=O) groups excluding carboxylic acids is 1. The zero-order valence-corrected chi connectivity index (χ0v) is 15.2. The van der Waals surface area contributed by atoms with Gasteiger partial charge in [0.25, 0.3) is 5.91 Å². The molecule has 6 heteroatoms. The monoisotopic (exact) mass is 376 g/mol. The lowest BCUT2D eigenvalue weighted by molar-refractivity contribution is 0.0951. The Labute approximate surface area is 161 Å². The fraction of sp³-hybridized carbons (Fsp3) is 0.0952. The number of fused-ring (bicyclic) bond motifs is 1. The molecule has 0 fully saturated rings. The van der Waals surface area contributed by atoms with Crippen LogP contribution in [0.25, 0.3) is 10.9 Å². The summed E-state index contributed by atoms with van der Waals surface area (Å²) in [5.41, 5.74) is 3.55. The van der Waals surface area contributed by atoms with Crippen LogP contribution in [0.5, 0.6) is 0 Å². The lowest BCUT2D eigenvalue weighted by Crippen LogP contribution is -2.23. The molecule has 0 bridgehead atoms. The maximum absolute atomic E-state index is 12.6. The van der Waals surface area contributed by atoms with Crippen molar-refractivity contribution in [2.45, 2.75) is 13.1 Å². The van der Waals surface area contributed by atoms with Gasteiger partial charge in [0, 0.05) is 29.9 Å². The predicted molar refractivity (Wildman–Crippen MR) is 106 cm³/mol. The third kappa shape index (κ3) is 3.99. The number of benzene rings is 2. The molecule has 27 heavy (non-hydrogen) atoms. The van der Waals surface area contributed by atoms with Crippen LogP contribution in [0.3, 0.4) is 0 Å². The van der Waals surface area contributed by atoms with Crippen molar-refractivity contribution in [3.8, 4) is 0 Å². The first kappa shape index (κ1) is 17.2. The topological polar surface area (TPSA) is 59.8 Å². The Kier molecular flexibility index (Phi) is 4.85. The van der Waals surface area contributed by atoms with Crippen molar-refractivity contribution in [2.75, 3.05) is 0 Å². The van der Waals surface area contributed by atoms with Crippen molar-refractivity contribution < 1.29 is 4.79 Å². The average Bonchev–Trinajstić information content (AvgIpc) is 3.19. The Morgan fingerprint density at radius 3 is 2.70 bits per heavy atom. The van der Waals surface area contributed by atoms with Crippen molar-refractivity contribution in [1.82, 2.24) is 20.1 Å². The van der Waals surface area contributed by atoms with Crippen molar-refractivity contribution >= 4 is 28.4 Å². The molecule has 0 aliphatic heterocycles. The third-order valence-corrected chi connectivity index (χ3v) is 4.58. The summed E-state index contributed by atoms with van der Waals surface area (Å²) >= 11 is 5.91. The lowest BCUT2D eigenvalue weighted by Gasteiger charge is -2.11. The number of hydrogen-bond donors (Lipinski definition) is 1. The molecule has 0 atom stereocenters. The molecule has 4 rings (SSSR count). The van der Waals surface area contributed by atoms with E-state index in [4.69, 9.17) is 11.6 Å². The fourth-order valence-corrected chi connectivity index (χ4v) is 3.13. The molecule has 0 saturated carbocycles. The first-order valence-electron chi connectivity index (χ1n) is 8.58. The Hall–Kier alpha value is -3.18. The average molecular weight is 377 g/mol. The molecule has 0 aliphatic carbocycles. The van der Waals surface area contributed by atoms with Gasteiger partial charge in [-0.25, -0.2) is 4.98 Å². The van der Waals surface area contributed by atoms with Gasteiger partial charge in [-0.05, 0) is 47.5 Å². The molecule has 5 nitrogen and oxygen atoms in total. The maximum Gasteiger partial charge on any atom is 0.251 e. The Balaban J connectivity index is 1.49. The smallest absolute Gasteiger partial charge is 0.251 e. The van der Waals surface area contributed by atoms with Gasteiger partial charge in [0.15, 0.2) is 0 Å². The van der Waals surface area contributed by atoms with Crippen molar-refractivity contribution in [1.29, 1.82) is 0 Å². The minimum Gasteiger partial charge on any atom is -0.348 e. The van der Waals surface area contributed by atoms with E-state index in [0.29, 0.717) is 23.8 Å². The van der Waals surface area contributed by atoms with Crippen LogP contribution in [0, 0.1) is 0 Å². The summed E-state index contributed by atoms with van der Waals surface area (Å²) in [6.45, 7) is 1.12. The number of amides is 1. The van der Waals surface area contributed by atoms with E-state index in [9.17, 15) is 4.79 Å². The van der Waals surface area contributed by atoms with Crippen LogP contribution in [-0.4, -0.2) is 20.7 Å². The Bertz CT molecular complexity index is 1090. The van der Waals surface area contributed by atoms with Crippen LogP contribution >= 0.6 is 11.6 Å². The van der Waals surface area contributed by atoms with Gasteiger partial charge < -0.3 is 5.32 Å². The summed E-state index contributed by atoms with van der Waals surface area (Å²) in [4.78, 5) is 16.8. The van der Waals surface area contributed by atoms with Gasteiger partial charge in [-0.3, -0.25) is 9.48 Å². The first-order chi connectivity index (χ1) is 13.2. The molecule has 1 amide bonds. The third-order valence-electron chi connectivity index (χ3n) is 4.37. The van der Waals surface area contributed by atoms with E-state index >= 15 is 0 Å². The van der Waals surface area contributed by atoms with Crippen molar-refractivity contribution in [3.63, 3.8) is 0 Å². The predicted octanol–water partition coefficient (Wildman–Crippen LogP) is 4.06. The maximum atomic E-state index is 12.6. The van der Waals surface area contributed by atoms with Gasteiger partial charge in [0.2, 0.25) is 0 Å². The highest BCUT2D eigenvalue weighted by atomic mass is 35.5. The number of nitrogens with zero attached hydrogens (tertiary/aromatic N) is 3. The largest absolute Gasteiger partial charge is 0.348 e. The van der Waals surface area contributed by atoms with E-state index in [1.165, 1.54) is 0 Å². The summed E-state index contributed by atoms with van der Waals surface area (Å²) < 4.78 is 1.86. The van der Waals surface area contributed by atoms with E-state index in [1.54, 1.807) is 18.3 Å². The molecule has 0 radical (unpaired) electrons. The summed E-state index contributed by atoms with van der Waals surface area (Å²) in [5, 5.41) is 8.56. The van der Waals surface area contributed by atoms with Gasteiger partial charge in [-0.15, -0.1) is 0 Å². The highest BCUT2D eigenvalue weighted by Crippen LogP contribution is 2.17. The normalized spacial score (nSPS) is 10.9. The van der Waals surface area contributed by atoms with Gasteiger partial charge in [0.1, 0.15) is 5.15 Å².